The molecule has 1 aliphatic heterocycles. The third-order valence-corrected chi connectivity index (χ3v) is 6.71. The van der Waals surface area contributed by atoms with Gasteiger partial charge in [-0.15, -0.1) is 0 Å². The maximum atomic E-state index is 14.2. The molecule has 0 unspecified atom stereocenters. The van der Waals surface area contributed by atoms with E-state index >= 15 is 0 Å². The van der Waals surface area contributed by atoms with Crippen LogP contribution in [0, 0.1) is 5.82 Å². The normalized spacial score (nSPS) is 13.8. The van der Waals surface area contributed by atoms with Gasteiger partial charge in [-0.05, 0) is 36.4 Å². The van der Waals surface area contributed by atoms with Gasteiger partial charge in [0, 0.05) is 47.9 Å². The molecule has 10 nitrogen and oxygen atoms in total. The average Bonchev–Trinajstić information content (AvgIpc) is 3.54. The number of hydrogen-bond donors (Lipinski definition) is 3. The largest absolute Gasteiger partial charge is 0.497 e. The molecule has 0 aliphatic carbocycles. The Bertz CT molecular complexity index is 1820. The van der Waals surface area contributed by atoms with E-state index in [-0.39, 0.29) is 6.04 Å². The van der Waals surface area contributed by atoms with Gasteiger partial charge < -0.3 is 20.4 Å². The van der Waals surface area contributed by atoms with Crippen LogP contribution in [-0.2, 0) is 0 Å². The zero-order valence-corrected chi connectivity index (χ0v) is 20.3. The van der Waals surface area contributed by atoms with Crippen molar-refractivity contribution >= 4 is 27.8 Å². The van der Waals surface area contributed by atoms with Crippen LogP contribution in [0.2, 0.25) is 0 Å². The monoisotopic (exact) mass is 507 g/mol. The molecule has 11 heteroatoms. The Morgan fingerprint density at radius 2 is 1.89 bits per heavy atom. The van der Waals surface area contributed by atoms with Crippen molar-refractivity contribution in [1.29, 1.82) is 0 Å². The number of hydrogen-bond acceptors (Lipinski definition) is 8. The summed E-state index contributed by atoms with van der Waals surface area (Å²) in [5.41, 5.74) is 12.2. The second-order valence-electron chi connectivity index (χ2n) is 9.28. The van der Waals surface area contributed by atoms with Gasteiger partial charge in [0.25, 0.3) is 0 Å². The van der Waals surface area contributed by atoms with Crippen LogP contribution in [0.25, 0.3) is 56.0 Å². The van der Waals surface area contributed by atoms with Gasteiger partial charge in [0.15, 0.2) is 0 Å². The number of methoxy groups -OCH3 is 1. The van der Waals surface area contributed by atoms with Gasteiger partial charge in [0.2, 0.25) is 0 Å². The summed E-state index contributed by atoms with van der Waals surface area (Å²) < 4.78 is 19.5. The summed E-state index contributed by atoms with van der Waals surface area (Å²) in [4.78, 5) is 24.0. The van der Waals surface area contributed by atoms with E-state index in [1.165, 1.54) is 19.2 Å². The maximum absolute atomic E-state index is 14.2. The summed E-state index contributed by atoms with van der Waals surface area (Å²) in [5, 5.41) is 8.43. The van der Waals surface area contributed by atoms with Crippen molar-refractivity contribution in [2.75, 3.05) is 25.1 Å². The van der Waals surface area contributed by atoms with E-state index in [1.807, 2.05) is 24.3 Å². The number of pyridine rings is 2. The quantitative estimate of drug-likeness (QED) is 0.320. The fourth-order valence-corrected chi connectivity index (χ4v) is 4.79. The van der Waals surface area contributed by atoms with Gasteiger partial charge in [0.1, 0.15) is 34.3 Å². The zero-order chi connectivity index (χ0) is 25.8. The van der Waals surface area contributed by atoms with E-state index in [9.17, 15) is 4.39 Å². The molecule has 188 valence electrons. The molecule has 0 radical (unpaired) electrons. The van der Waals surface area contributed by atoms with Crippen LogP contribution in [0.4, 0.5) is 10.2 Å². The van der Waals surface area contributed by atoms with E-state index in [4.69, 9.17) is 20.4 Å². The van der Waals surface area contributed by atoms with Crippen LogP contribution in [0.3, 0.4) is 0 Å². The highest BCUT2D eigenvalue weighted by Gasteiger charge is 2.25. The van der Waals surface area contributed by atoms with Crippen LogP contribution in [0.15, 0.2) is 61.1 Å². The Morgan fingerprint density at radius 3 is 2.74 bits per heavy atom. The number of benzene rings is 1. The highest BCUT2D eigenvalue weighted by Crippen LogP contribution is 2.34. The standard InChI is InChI=1S/C27H22FN9O/c1-38-17-7-14(6-15(28)8-17)25-18-9-22(32-19(18)4-5-31-25)27-26-21(35-36-27)3-2-20(34-26)23-10-30-11-24(33-23)37-12-16(29)13-37/h2-11,16,32H,12-13,29H2,1H3,(H,35,36). The first-order valence-electron chi connectivity index (χ1n) is 12.1. The number of anilines is 1. The van der Waals surface area contributed by atoms with Gasteiger partial charge in [-0.2, -0.15) is 5.10 Å². The van der Waals surface area contributed by atoms with Crippen LogP contribution in [0.5, 0.6) is 5.75 Å². The number of aromatic nitrogens is 7. The number of halogens is 1. The molecule has 0 atom stereocenters. The Hall–Kier alpha value is -4.90. The van der Waals surface area contributed by atoms with E-state index in [2.05, 4.69) is 30.0 Å². The third-order valence-electron chi connectivity index (χ3n) is 6.71. The number of nitrogens with zero attached hydrogens (tertiary/aromatic N) is 6. The Balaban J connectivity index is 1.30. The first-order valence-corrected chi connectivity index (χ1v) is 12.1. The molecule has 6 aromatic rings. The van der Waals surface area contributed by atoms with E-state index < -0.39 is 5.82 Å². The SMILES string of the molecule is COc1cc(F)cc(-c2nccc3[nH]c(-c4n[nH]c5ccc(-c6cncc(N7CC(N)C7)n6)nc45)cc23)c1. The molecule has 1 saturated heterocycles. The predicted molar refractivity (Wildman–Crippen MR) is 142 cm³/mol. The fourth-order valence-electron chi connectivity index (χ4n) is 4.79. The average molecular weight is 508 g/mol. The van der Waals surface area contributed by atoms with Gasteiger partial charge in [-0.1, -0.05) is 0 Å². The molecular formula is C27H22FN9O. The Morgan fingerprint density at radius 1 is 1.00 bits per heavy atom. The van der Waals surface area contributed by atoms with Crippen LogP contribution in [0.1, 0.15) is 0 Å². The van der Waals surface area contributed by atoms with Gasteiger partial charge >= 0.3 is 0 Å². The van der Waals surface area contributed by atoms with Gasteiger partial charge in [0.05, 0.1) is 42.1 Å². The molecule has 1 aromatic carbocycles. The minimum Gasteiger partial charge on any atom is -0.497 e. The highest BCUT2D eigenvalue weighted by molar-refractivity contribution is 5.99. The second kappa shape index (κ2) is 8.60. The molecule has 7 rings (SSSR count). The maximum Gasteiger partial charge on any atom is 0.147 e. The molecule has 38 heavy (non-hydrogen) atoms. The smallest absolute Gasteiger partial charge is 0.147 e. The molecule has 1 fully saturated rings. The summed E-state index contributed by atoms with van der Waals surface area (Å²) in [7, 11) is 1.51. The molecule has 0 amide bonds. The van der Waals surface area contributed by atoms with Crippen molar-refractivity contribution in [2.45, 2.75) is 6.04 Å². The van der Waals surface area contributed by atoms with E-state index in [0.29, 0.717) is 39.6 Å². The second-order valence-corrected chi connectivity index (χ2v) is 9.28. The number of nitrogens with one attached hydrogen (secondary N) is 2. The lowest BCUT2D eigenvalue weighted by Crippen LogP contribution is -2.56. The number of H-pyrrole nitrogens is 2. The summed E-state index contributed by atoms with van der Waals surface area (Å²) in [5.74, 6) is 0.810. The van der Waals surface area contributed by atoms with Crippen molar-refractivity contribution in [3.63, 3.8) is 0 Å². The summed E-state index contributed by atoms with van der Waals surface area (Å²) in [6.07, 6.45) is 5.12. The number of aromatic amines is 2. The van der Waals surface area contributed by atoms with Crippen molar-refractivity contribution in [3.8, 4) is 39.8 Å². The lowest BCUT2D eigenvalue weighted by atomic mass is 10.1. The van der Waals surface area contributed by atoms with Crippen molar-refractivity contribution in [2.24, 2.45) is 5.73 Å². The third kappa shape index (κ3) is 3.71. The lowest BCUT2D eigenvalue weighted by molar-refractivity contribution is 0.411. The van der Waals surface area contributed by atoms with Crippen molar-refractivity contribution in [1.82, 2.24) is 35.1 Å². The lowest BCUT2D eigenvalue weighted by Gasteiger charge is -2.37. The van der Waals surface area contributed by atoms with Gasteiger partial charge in [-0.25, -0.2) is 14.4 Å². The van der Waals surface area contributed by atoms with Crippen molar-refractivity contribution in [3.05, 3.63) is 66.9 Å². The van der Waals surface area contributed by atoms with Crippen LogP contribution in [-0.4, -0.2) is 61.4 Å². The number of ether oxygens (including phenoxy) is 1. The van der Waals surface area contributed by atoms with Crippen LogP contribution < -0.4 is 15.4 Å². The van der Waals surface area contributed by atoms with Gasteiger partial charge in [-0.3, -0.25) is 15.1 Å². The summed E-state index contributed by atoms with van der Waals surface area (Å²) in [6, 6.07) is 12.3. The fraction of sp³-hybridized carbons (Fsp3) is 0.148. The Labute approximate surface area is 215 Å². The highest BCUT2D eigenvalue weighted by atomic mass is 19.1. The molecule has 5 aromatic heterocycles. The number of fused-ring (bicyclic) bond motifs is 2. The molecule has 6 heterocycles. The summed E-state index contributed by atoms with van der Waals surface area (Å²) in [6.45, 7) is 1.52. The minimum atomic E-state index is -0.395. The minimum absolute atomic E-state index is 0.165. The first-order chi connectivity index (χ1) is 18.6. The first kappa shape index (κ1) is 22.3. The molecule has 1 aliphatic rings. The zero-order valence-electron chi connectivity index (χ0n) is 20.3. The number of nitrogens with two attached hydrogens (primary N) is 1. The Kier molecular flexibility index (Phi) is 5.05. The topological polar surface area (TPSA) is 135 Å². The van der Waals surface area contributed by atoms with E-state index in [0.717, 1.165) is 41.0 Å². The van der Waals surface area contributed by atoms with Crippen molar-refractivity contribution < 1.29 is 9.13 Å². The van der Waals surface area contributed by atoms with E-state index in [1.54, 1.807) is 24.7 Å². The molecular weight excluding hydrogens is 485 g/mol. The summed E-state index contributed by atoms with van der Waals surface area (Å²) >= 11 is 0. The molecule has 4 N–H and O–H groups in total. The molecule has 0 spiro atoms. The number of rotatable bonds is 5. The molecule has 0 saturated carbocycles. The molecule has 0 bridgehead atoms. The predicted octanol–water partition coefficient (Wildman–Crippen LogP) is 3.92. The van der Waals surface area contributed by atoms with Crippen LogP contribution >= 0.6 is 0 Å².